The molecule has 1 aromatic carbocycles. The summed E-state index contributed by atoms with van der Waals surface area (Å²) in [6, 6.07) is 3.73. The molecular weight excluding hydrogens is 327 g/mol. The van der Waals surface area contributed by atoms with Gasteiger partial charge in [0.05, 0.1) is 10.7 Å². The Balaban J connectivity index is 1.92. The van der Waals surface area contributed by atoms with Crippen molar-refractivity contribution in [1.82, 2.24) is 4.98 Å². The highest BCUT2D eigenvalue weighted by molar-refractivity contribution is 7.13. The number of anilines is 1. The second-order valence-electron chi connectivity index (χ2n) is 5.70. The maximum Gasteiger partial charge on any atom is 0.264 e. The van der Waals surface area contributed by atoms with Crippen molar-refractivity contribution in [2.75, 3.05) is 11.9 Å². The smallest absolute Gasteiger partial charge is 0.264 e. The lowest BCUT2D eigenvalue weighted by Crippen LogP contribution is -2.20. The van der Waals surface area contributed by atoms with E-state index in [1.807, 2.05) is 26.2 Å². The minimum Gasteiger partial charge on any atom is -0.482 e. The third-order valence-electron chi connectivity index (χ3n) is 2.77. The van der Waals surface area contributed by atoms with Gasteiger partial charge in [0, 0.05) is 10.8 Å². The van der Waals surface area contributed by atoms with Crippen molar-refractivity contribution in [2.45, 2.75) is 26.2 Å². The summed E-state index contributed by atoms with van der Waals surface area (Å²) < 4.78 is 18.2. The van der Waals surface area contributed by atoms with Crippen LogP contribution in [0.1, 0.15) is 26.5 Å². The molecular formula is C15H16ClFN2O2S. The quantitative estimate of drug-likeness (QED) is 0.903. The number of amides is 1. The summed E-state index contributed by atoms with van der Waals surface area (Å²) in [4.78, 5) is 16.2. The van der Waals surface area contributed by atoms with Gasteiger partial charge in [0.1, 0.15) is 11.6 Å². The van der Waals surface area contributed by atoms with Gasteiger partial charge in [-0.2, -0.15) is 0 Å². The Morgan fingerprint density at radius 1 is 1.45 bits per heavy atom. The summed E-state index contributed by atoms with van der Waals surface area (Å²) in [6.07, 6.45) is 0. The van der Waals surface area contributed by atoms with Crippen molar-refractivity contribution in [3.8, 4) is 5.75 Å². The van der Waals surface area contributed by atoms with Gasteiger partial charge in [0.2, 0.25) is 0 Å². The molecule has 0 saturated heterocycles. The van der Waals surface area contributed by atoms with E-state index < -0.39 is 5.82 Å². The number of halogens is 2. The molecule has 2 aromatic rings. The highest BCUT2D eigenvalue weighted by Gasteiger charge is 2.18. The van der Waals surface area contributed by atoms with Crippen molar-refractivity contribution in [1.29, 1.82) is 0 Å². The second-order valence-corrected chi connectivity index (χ2v) is 6.96. The zero-order chi connectivity index (χ0) is 16.3. The van der Waals surface area contributed by atoms with Crippen molar-refractivity contribution >= 4 is 34.0 Å². The van der Waals surface area contributed by atoms with Crippen LogP contribution in [0.4, 0.5) is 9.52 Å². The lowest BCUT2D eigenvalue weighted by atomic mass is 9.93. The van der Waals surface area contributed by atoms with Gasteiger partial charge in [-0.05, 0) is 18.2 Å². The molecule has 1 amide bonds. The van der Waals surface area contributed by atoms with Crippen LogP contribution in [0.3, 0.4) is 0 Å². The van der Waals surface area contributed by atoms with Gasteiger partial charge in [-0.25, -0.2) is 9.37 Å². The molecule has 1 aromatic heterocycles. The van der Waals surface area contributed by atoms with Gasteiger partial charge in [-0.15, -0.1) is 11.3 Å². The number of carbonyl (C=O) groups excluding carboxylic acids is 1. The molecule has 0 aliphatic carbocycles. The number of benzene rings is 1. The number of hydrogen-bond donors (Lipinski definition) is 1. The number of carbonyl (C=O) groups is 1. The molecule has 118 valence electrons. The van der Waals surface area contributed by atoms with Crippen molar-refractivity contribution in [3.05, 3.63) is 40.1 Å². The number of aromatic nitrogens is 1. The Morgan fingerprint density at radius 2 is 2.18 bits per heavy atom. The topological polar surface area (TPSA) is 51.2 Å². The van der Waals surface area contributed by atoms with E-state index in [1.54, 1.807) is 0 Å². The van der Waals surface area contributed by atoms with Crippen molar-refractivity contribution in [2.24, 2.45) is 0 Å². The lowest BCUT2D eigenvalue weighted by Gasteiger charge is -2.14. The Bertz CT molecular complexity index is 682. The molecule has 7 heteroatoms. The predicted octanol–water partition coefficient (Wildman–Crippen LogP) is 4.25. The minimum atomic E-state index is -0.459. The van der Waals surface area contributed by atoms with Crippen molar-refractivity contribution in [3.63, 3.8) is 0 Å². The van der Waals surface area contributed by atoms with Gasteiger partial charge < -0.3 is 4.74 Å². The Kier molecular flexibility index (Phi) is 5.03. The van der Waals surface area contributed by atoms with E-state index in [9.17, 15) is 9.18 Å². The third kappa shape index (κ3) is 4.42. The Morgan fingerprint density at radius 3 is 2.77 bits per heavy atom. The van der Waals surface area contributed by atoms with Crippen LogP contribution in [0.15, 0.2) is 23.6 Å². The summed E-state index contributed by atoms with van der Waals surface area (Å²) in [5, 5.41) is 5.21. The normalized spacial score (nSPS) is 11.3. The average molecular weight is 343 g/mol. The van der Waals surface area contributed by atoms with E-state index in [2.05, 4.69) is 10.3 Å². The van der Waals surface area contributed by atoms with Gasteiger partial charge in [0.25, 0.3) is 5.91 Å². The predicted molar refractivity (Wildman–Crippen MR) is 86.3 cm³/mol. The fraction of sp³-hybridized carbons (Fsp3) is 0.333. The molecule has 4 nitrogen and oxygen atoms in total. The highest BCUT2D eigenvalue weighted by Crippen LogP contribution is 2.27. The second kappa shape index (κ2) is 6.62. The van der Waals surface area contributed by atoms with Crippen LogP contribution in [-0.2, 0) is 10.2 Å². The number of nitrogens with one attached hydrogen (secondary N) is 1. The van der Waals surface area contributed by atoms with E-state index in [0.717, 1.165) is 11.8 Å². The first-order valence-corrected chi connectivity index (χ1v) is 7.85. The molecule has 0 saturated carbocycles. The molecule has 22 heavy (non-hydrogen) atoms. The monoisotopic (exact) mass is 342 g/mol. The summed E-state index contributed by atoms with van der Waals surface area (Å²) in [5.41, 5.74) is 0.841. The Labute approximate surface area is 137 Å². The molecule has 0 fully saturated rings. The first-order valence-electron chi connectivity index (χ1n) is 6.59. The molecule has 0 radical (unpaired) electrons. The van der Waals surface area contributed by atoms with Crippen LogP contribution in [-0.4, -0.2) is 17.5 Å². The zero-order valence-corrected chi connectivity index (χ0v) is 14.0. The molecule has 0 bridgehead atoms. The van der Waals surface area contributed by atoms with E-state index in [-0.39, 0.29) is 28.7 Å². The number of thiazole rings is 1. The van der Waals surface area contributed by atoms with Crippen LogP contribution < -0.4 is 10.1 Å². The lowest BCUT2D eigenvalue weighted by molar-refractivity contribution is -0.118. The molecule has 0 aliphatic rings. The molecule has 1 N–H and O–H groups in total. The maximum atomic E-state index is 12.9. The van der Waals surface area contributed by atoms with Crippen LogP contribution >= 0.6 is 22.9 Å². The van der Waals surface area contributed by atoms with Crippen molar-refractivity contribution < 1.29 is 13.9 Å². The zero-order valence-electron chi connectivity index (χ0n) is 12.4. The number of ether oxygens (including phenoxy) is 1. The average Bonchev–Trinajstić information content (AvgIpc) is 2.86. The third-order valence-corrected chi connectivity index (χ3v) is 3.82. The summed E-state index contributed by atoms with van der Waals surface area (Å²) in [6.45, 7) is 5.92. The fourth-order valence-electron chi connectivity index (χ4n) is 1.57. The SMILES string of the molecule is CC(C)(C)c1csc(NC(=O)COc2ccc(F)cc2Cl)n1. The molecule has 0 atom stereocenters. The first-order chi connectivity index (χ1) is 10.3. The van der Waals surface area contributed by atoms with Gasteiger partial charge in [0.15, 0.2) is 11.7 Å². The number of rotatable bonds is 4. The molecule has 0 spiro atoms. The summed E-state index contributed by atoms with van der Waals surface area (Å²) in [7, 11) is 0. The summed E-state index contributed by atoms with van der Waals surface area (Å²) >= 11 is 7.18. The van der Waals surface area contributed by atoms with Crippen LogP contribution in [0, 0.1) is 5.82 Å². The van der Waals surface area contributed by atoms with E-state index in [4.69, 9.17) is 16.3 Å². The van der Waals surface area contributed by atoms with E-state index in [0.29, 0.717) is 5.13 Å². The molecule has 2 rings (SSSR count). The Hall–Kier alpha value is -1.66. The standard InChI is InChI=1S/C15H16ClFN2O2S/c1-15(2,3)12-8-22-14(18-12)19-13(20)7-21-11-5-4-9(17)6-10(11)16/h4-6,8H,7H2,1-3H3,(H,18,19,20). The van der Waals surface area contributed by atoms with Gasteiger partial charge in [-0.1, -0.05) is 32.4 Å². The van der Waals surface area contributed by atoms with Crippen LogP contribution in [0.2, 0.25) is 5.02 Å². The number of nitrogens with zero attached hydrogens (tertiary/aromatic N) is 1. The van der Waals surface area contributed by atoms with Gasteiger partial charge >= 0.3 is 0 Å². The maximum absolute atomic E-state index is 12.9. The summed E-state index contributed by atoms with van der Waals surface area (Å²) in [5.74, 6) is -0.553. The van der Waals surface area contributed by atoms with Gasteiger partial charge in [-0.3, -0.25) is 10.1 Å². The largest absolute Gasteiger partial charge is 0.482 e. The van der Waals surface area contributed by atoms with E-state index in [1.165, 1.54) is 23.5 Å². The van der Waals surface area contributed by atoms with Crippen LogP contribution in [0.5, 0.6) is 5.75 Å². The fourth-order valence-corrected chi connectivity index (χ4v) is 2.74. The number of hydrogen-bond acceptors (Lipinski definition) is 4. The molecule has 0 aliphatic heterocycles. The van der Waals surface area contributed by atoms with Crippen LogP contribution in [0.25, 0.3) is 0 Å². The first kappa shape index (κ1) is 16.7. The van der Waals surface area contributed by atoms with E-state index >= 15 is 0 Å². The molecule has 0 unspecified atom stereocenters. The molecule has 1 heterocycles. The minimum absolute atomic E-state index is 0.0718. The highest BCUT2D eigenvalue weighted by atomic mass is 35.5.